The van der Waals surface area contributed by atoms with Gasteiger partial charge in [-0.3, -0.25) is 9.88 Å². The highest BCUT2D eigenvalue weighted by molar-refractivity contribution is 7.55. The second kappa shape index (κ2) is 7.55. The number of nitrogens with one attached hydrogen (secondary N) is 1. The summed E-state index contributed by atoms with van der Waals surface area (Å²) in [6, 6.07) is 10.2. The van der Waals surface area contributed by atoms with E-state index >= 15 is 0 Å². The Hall–Kier alpha value is -0.670. The van der Waals surface area contributed by atoms with Gasteiger partial charge in [0.1, 0.15) is 5.28 Å². The fourth-order valence-electron chi connectivity index (χ4n) is 2.99. The van der Waals surface area contributed by atoms with Gasteiger partial charge >= 0.3 is 7.60 Å². The first-order chi connectivity index (χ1) is 10.2. The smallest absolute Gasteiger partial charge is 0.308 e. The molecule has 0 radical (unpaired) electrons. The fourth-order valence-corrected chi connectivity index (χ4v) is 5.38. The molecule has 21 heavy (non-hydrogen) atoms. The van der Waals surface area contributed by atoms with E-state index in [1.54, 1.807) is 0 Å². The van der Waals surface area contributed by atoms with Crippen molar-refractivity contribution in [1.29, 1.82) is 0 Å². The average molecular weight is 311 g/mol. The molecule has 1 saturated carbocycles. The van der Waals surface area contributed by atoms with E-state index in [0.29, 0.717) is 19.8 Å². The molecule has 0 unspecified atom stereocenters. The van der Waals surface area contributed by atoms with Crippen LogP contribution in [0.4, 0.5) is 0 Å². The molecule has 1 N–H and O–H groups in total. The Balaban J connectivity index is 2.17. The molecule has 2 rings (SSSR count). The lowest BCUT2D eigenvalue weighted by Gasteiger charge is -2.36. The van der Waals surface area contributed by atoms with Crippen LogP contribution in [0.3, 0.4) is 0 Å². The summed E-state index contributed by atoms with van der Waals surface area (Å²) in [5.41, 5.74) is 1.18. The van der Waals surface area contributed by atoms with Crippen LogP contribution in [0.25, 0.3) is 0 Å². The van der Waals surface area contributed by atoms with Crippen molar-refractivity contribution < 1.29 is 13.6 Å². The van der Waals surface area contributed by atoms with Gasteiger partial charge in [-0.1, -0.05) is 43.2 Å². The van der Waals surface area contributed by atoms with Crippen LogP contribution >= 0.6 is 7.60 Å². The third-order valence-electron chi connectivity index (χ3n) is 4.02. The number of hydrogen-bond donors (Lipinski definition) is 1. The first-order valence-corrected chi connectivity index (χ1v) is 9.38. The van der Waals surface area contributed by atoms with Crippen LogP contribution in [-0.2, 0) is 20.2 Å². The maximum Gasteiger partial charge on any atom is 0.350 e. The van der Waals surface area contributed by atoms with Gasteiger partial charge in [0.05, 0.1) is 13.2 Å². The zero-order valence-corrected chi connectivity index (χ0v) is 13.9. The molecule has 118 valence electrons. The first-order valence-electron chi connectivity index (χ1n) is 7.84. The number of benzene rings is 1. The highest BCUT2D eigenvalue weighted by Gasteiger charge is 2.52. The lowest BCUT2D eigenvalue weighted by molar-refractivity contribution is 0.185. The molecule has 0 bridgehead atoms. The van der Waals surface area contributed by atoms with Crippen LogP contribution in [-0.4, -0.2) is 18.5 Å². The van der Waals surface area contributed by atoms with Gasteiger partial charge in [0.25, 0.3) is 0 Å². The molecule has 0 spiro atoms. The maximum atomic E-state index is 13.3. The summed E-state index contributed by atoms with van der Waals surface area (Å²) in [6.45, 7) is 5.24. The Morgan fingerprint density at radius 3 is 2.19 bits per heavy atom. The highest BCUT2D eigenvalue weighted by Crippen LogP contribution is 2.64. The summed E-state index contributed by atoms with van der Waals surface area (Å²) in [5, 5.41) is 2.98. The third-order valence-corrected chi connectivity index (χ3v) is 6.87. The molecule has 0 aliphatic heterocycles. The van der Waals surface area contributed by atoms with Gasteiger partial charge in [-0.2, -0.15) is 0 Å². The summed E-state index contributed by atoms with van der Waals surface area (Å²) in [7, 11) is -3.15. The summed E-state index contributed by atoms with van der Waals surface area (Å²) < 4.78 is 24.5. The molecule has 1 fully saturated rings. The van der Waals surface area contributed by atoms with Gasteiger partial charge in [-0.25, -0.2) is 0 Å². The van der Waals surface area contributed by atoms with Gasteiger partial charge in [0, 0.05) is 6.54 Å². The van der Waals surface area contributed by atoms with Crippen LogP contribution in [0.5, 0.6) is 0 Å². The van der Waals surface area contributed by atoms with E-state index in [1.165, 1.54) is 5.56 Å². The quantitative estimate of drug-likeness (QED) is 0.727. The van der Waals surface area contributed by atoms with E-state index in [1.807, 2.05) is 32.0 Å². The van der Waals surface area contributed by atoms with Crippen molar-refractivity contribution >= 4 is 7.60 Å². The predicted molar refractivity (Wildman–Crippen MR) is 85.3 cm³/mol. The summed E-state index contributed by atoms with van der Waals surface area (Å²) in [5.74, 6) is 0. The van der Waals surface area contributed by atoms with Gasteiger partial charge in [-0.15, -0.1) is 0 Å². The Labute approximate surface area is 127 Å². The molecule has 4 nitrogen and oxygen atoms in total. The van der Waals surface area contributed by atoms with Crippen molar-refractivity contribution in [3.63, 3.8) is 0 Å². The molecule has 0 atom stereocenters. The molecule has 0 heterocycles. The lowest BCUT2D eigenvalue weighted by Crippen LogP contribution is -2.43. The number of hydrogen-bond acceptors (Lipinski definition) is 4. The largest absolute Gasteiger partial charge is 0.350 e. The van der Waals surface area contributed by atoms with Crippen LogP contribution < -0.4 is 5.32 Å². The monoisotopic (exact) mass is 311 g/mol. The van der Waals surface area contributed by atoms with Crippen molar-refractivity contribution in [2.75, 3.05) is 13.2 Å². The summed E-state index contributed by atoms with van der Waals surface area (Å²) >= 11 is 0. The molecule has 0 saturated heterocycles. The molecular weight excluding hydrogens is 285 g/mol. The van der Waals surface area contributed by atoms with Crippen LogP contribution in [0.2, 0.25) is 0 Å². The van der Waals surface area contributed by atoms with Crippen LogP contribution in [0.15, 0.2) is 30.3 Å². The van der Waals surface area contributed by atoms with Crippen molar-refractivity contribution in [1.82, 2.24) is 5.32 Å². The Morgan fingerprint density at radius 1 is 1.10 bits per heavy atom. The predicted octanol–water partition coefficient (Wildman–Crippen LogP) is 4.31. The minimum atomic E-state index is -3.15. The molecule has 1 aromatic carbocycles. The van der Waals surface area contributed by atoms with Gasteiger partial charge in [0.15, 0.2) is 0 Å². The lowest BCUT2D eigenvalue weighted by atomic mass is 10.2. The Bertz CT molecular complexity index is 462. The molecule has 0 amide bonds. The minimum absolute atomic E-state index is 0.409. The van der Waals surface area contributed by atoms with Crippen LogP contribution in [0, 0.1) is 0 Å². The molecular formula is C16H26NO3P. The molecule has 1 aliphatic carbocycles. The van der Waals surface area contributed by atoms with E-state index in [9.17, 15) is 4.57 Å². The second-order valence-electron chi connectivity index (χ2n) is 5.41. The standard InChI is InChI=1S/C16H26NO3P/c1-3-19-21(18,20-4-2)16(12-8-9-13-16)17-14-15-10-6-5-7-11-15/h5-7,10-11,17H,3-4,8-9,12-14H2,1-2H3. The van der Waals surface area contributed by atoms with Gasteiger partial charge in [-0.05, 0) is 32.3 Å². The average Bonchev–Trinajstić information content (AvgIpc) is 2.97. The van der Waals surface area contributed by atoms with Crippen molar-refractivity contribution in [2.24, 2.45) is 0 Å². The third kappa shape index (κ3) is 3.75. The SMILES string of the molecule is CCOP(=O)(OCC)C1(NCc2ccccc2)CCCC1. The second-order valence-corrected chi connectivity index (χ2v) is 7.78. The minimum Gasteiger partial charge on any atom is -0.308 e. The van der Waals surface area contributed by atoms with E-state index in [0.717, 1.165) is 25.7 Å². The summed E-state index contributed by atoms with van der Waals surface area (Å²) in [4.78, 5) is 0. The summed E-state index contributed by atoms with van der Waals surface area (Å²) in [6.07, 6.45) is 3.81. The van der Waals surface area contributed by atoms with Gasteiger partial charge in [0.2, 0.25) is 0 Å². The first kappa shape index (κ1) is 16.7. The van der Waals surface area contributed by atoms with Crippen LogP contribution in [0.1, 0.15) is 45.1 Å². The number of rotatable bonds is 8. The fraction of sp³-hybridized carbons (Fsp3) is 0.625. The van der Waals surface area contributed by atoms with E-state index < -0.39 is 12.9 Å². The van der Waals surface area contributed by atoms with Crippen molar-refractivity contribution in [3.8, 4) is 0 Å². The molecule has 0 aromatic heterocycles. The van der Waals surface area contributed by atoms with Crippen molar-refractivity contribution in [2.45, 2.75) is 51.4 Å². The molecule has 1 aliphatic rings. The molecule has 5 heteroatoms. The maximum absolute atomic E-state index is 13.3. The molecule has 1 aromatic rings. The normalized spacial score (nSPS) is 18.0. The Kier molecular flexibility index (Phi) is 6.00. The van der Waals surface area contributed by atoms with E-state index in [-0.39, 0.29) is 0 Å². The zero-order chi connectivity index (χ0) is 15.2. The topological polar surface area (TPSA) is 47.6 Å². The zero-order valence-electron chi connectivity index (χ0n) is 13.0. The van der Waals surface area contributed by atoms with E-state index in [2.05, 4.69) is 17.4 Å². The van der Waals surface area contributed by atoms with Gasteiger partial charge < -0.3 is 9.05 Å². The van der Waals surface area contributed by atoms with Crippen molar-refractivity contribution in [3.05, 3.63) is 35.9 Å². The Morgan fingerprint density at radius 2 is 1.67 bits per heavy atom. The highest BCUT2D eigenvalue weighted by atomic mass is 31.2. The van der Waals surface area contributed by atoms with E-state index in [4.69, 9.17) is 9.05 Å².